The molecule has 0 bridgehead atoms. The summed E-state index contributed by atoms with van der Waals surface area (Å²) in [5.41, 5.74) is 1.32. The van der Waals surface area contributed by atoms with Crippen molar-refractivity contribution in [3.05, 3.63) is 67.0 Å². The number of ether oxygens (including phenoxy) is 3. The van der Waals surface area contributed by atoms with Crippen LogP contribution in [0.1, 0.15) is 0 Å². The molecular formula is C23H23N5O4S. The molecule has 4 rings (SSSR count). The zero-order valence-corrected chi connectivity index (χ0v) is 19.2. The van der Waals surface area contributed by atoms with Gasteiger partial charge in [0, 0.05) is 18.5 Å². The van der Waals surface area contributed by atoms with Crippen LogP contribution in [0.2, 0.25) is 0 Å². The van der Waals surface area contributed by atoms with Gasteiger partial charge in [0.1, 0.15) is 17.2 Å². The molecule has 0 fully saturated rings. The van der Waals surface area contributed by atoms with Gasteiger partial charge in [0.05, 0.1) is 38.3 Å². The number of rotatable bonds is 9. The van der Waals surface area contributed by atoms with Crippen LogP contribution in [0.25, 0.3) is 11.4 Å². The highest BCUT2D eigenvalue weighted by molar-refractivity contribution is 7.99. The van der Waals surface area contributed by atoms with Gasteiger partial charge in [0.15, 0.2) is 5.82 Å². The van der Waals surface area contributed by atoms with Crippen LogP contribution in [-0.4, -0.2) is 52.5 Å². The highest BCUT2D eigenvalue weighted by Crippen LogP contribution is 2.32. The van der Waals surface area contributed by atoms with E-state index in [1.807, 2.05) is 58.1 Å². The second-order valence-electron chi connectivity index (χ2n) is 6.78. The van der Waals surface area contributed by atoms with Crippen LogP contribution in [0, 0.1) is 0 Å². The Balaban J connectivity index is 1.58. The predicted octanol–water partition coefficient (Wildman–Crippen LogP) is 3.81. The Bertz CT molecular complexity index is 1240. The van der Waals surface area contributed by atoms with Gasteiger partial charge in [-0.15, -0.1) is 10.2 Å². The molecule has 4 aromatic rings. The summed E-state index contributed by atoms with van der Waals surface area (Å²) in [5, 5.41) is 12.1. The van der Waals surface area contributed by atoms with Crippen LogP contribution < -0.4 is 19.5 Å². The first-order valence-electron chi connectivity index (χ1n) is 10.0. The summed E-state index contributed by atoms with van der Waals surface area (Å²) in [6.45, 7) is 0. The average molecular weight is 466 g/mol. The average Bonchev–Trinajstić information content (AvgIpc) is 3.52. The second-order valence-corrected chi connectivity index (χ2v) is 7.73. The molecule has 9 nitrogen and oxygen atoms in total. The maximum absolute atomic E-state index is 12.7. The van der Waals surface area contributed by atoms with Crippen LogP contribution in [0.4, 0.5) is 5.69 Å². The highest BCUT2D eigenvalue weighted by atomic mass is 32.2. The number of methoxy groups -OCH3 is 3. The van der Waals surface area contributed by atoms with E-state index < -0.39 is 0 Å². The Morgan fingerprint density at radius 3 is 2.42 bits per heavy atom. The van der Waals surface area contributed by atoms with Gasteiger partial charge in [-0.1, -0.05) is 23.9 Å². The summed E-state index contributed by atoms with van der Waals surface area (Å²) in [6, 6.07) is 16.6. The van der Waals surface area contributed by atoms with Gasteiger partial charge < -0.3 is 19.5 Å². The van der Waals surface area contributed by atoms with Crippen molar-refractivity contribution in [1.82, 2.24) is 19.5 Å². The van der Waals surface area contributed by atoms with Gasteiger partial charge in [-0.05, 0) is 36.4 Å². The zero-order valence-electron chi connectivity index (χ0n) is 18.4. The zero-order chi connectivity index (χ0) is 23.2. The number of nitrogens with zero attached hydrogens (tertiary/aromatic N) is 4. The van der Waals surface area contributed by atoms with Gasteiger partial charge in [-0.3, -0.25) is 9.47 Å². The number of amides is 1. The number of carbonyl (C=O) groups is 1. The summed E-state index contributed by atoms with van der Waals surface area (Å²) in [4.78, 5) is 12.7. The third kappa shape index (κ3) is 4.80. The van der Waals surface area contributed by atoms with Crippen molar-refractivity contribution in [1.29, 1.82) is 0 Å². The van der Waals surface area contributed by atoms with Crippen LogP contribution >= 0.6 is 11.8 Å². The molecule has 0 spiro atoms. The van der Waals surface area contributed by atoms with E-state index in [0.717, 1.165) is 5.56 Å². The second kappa shape index (κ2) is 10.1. The summed E-state index contributed by atoms with van der Waals surface area (Å²) >= 11 is 1.27. The number of anilines is 1. The molecule has 1 amide bonds. The van der Waals surface area contributed by atoms with Crippen molar-refractivity contribution in [2.75, 3.05) is 32.4 Å². The van der Waals surface area contributed by atoms with E-state index in [4.69, 9.17) is 14.2 Å². The predicted molar refractivity (Wildman–Crippen MR) is 126 cm³/mol. The smallest absolute Gasteiger partial charge is 0.234 e. The molecule has 1 N–H and O–H groups in total. The lowest BCUT2D eigenvalue weighted by atomic mass is 10.2. The molecule has 0 unspecified atom stereocenters. The number of nitrogens with one attached hydrogen (secondary N) is 1. The fraction of sp³-hybridized carbons (Fsp3) is 0.174. The van der Waals surface area contributed by atoms with Gasteiger partial charge in [0.2, 0.25) is 11.1 Å². The lowest BCUT2D eigenvalue weighted by molar-refractivity contribution is -0.113. The molecule has 10 heteroatoms. The van der Waals surface area contributed by atoms with Crippen molar-refractivity contribution in [3.63, 3.8) is 0 Å². The fourth-order valence-corrected chi connectivity index (χ4v) is 3.98. The molecule has 0 saturated carbocycles. The Hall–Kier alpha value is -3.92. The van der Waals surface area contributed by atoms with Gasteiger partial charge in [0.25, 0.3) is 0 Å². The number of benzene rings is 2. The first-order chi connectivity index (χ1) is 16.1. The highest BCUT2D eigenvalue weighted by Gasteiger charge is 2.20. The van der Waals surface area contributed by atoms with E-state index in [9.17, 15) is 4.79 Å². The van der Waals surface area contributed by atoms with Crippen molar-refractivity contribution in [2.45, 2.75) is 5.16 Å². The van der Waals surface area contributed by atoms with E-state index in [-0.39, 0.29) is 11.7 Å². The van der Waals surface area contributed by atoms with Gasteiger partial charge in [-0.2, -0.15) is 0 Å². The van der Waals surface area contributed by atoms with Crippen molar-refractivity contribution < 1.29 is 19.0 Å². The Kier molecular flexibility index (Phi) is 6.84. The molecular weight excluding hydrogens is 442 g/mol. The summed E-state index contributed by atoms with van der Waals surface area (Å²) in [7, 11) is 4.73. The number of thioether (sulfide) groups is 1. The third-order valence-corrected chi connectivity index (χ3v) is 5.71. The van der Waals surface area contributed by atoms with E-state index in [1.54, 1.807) is 39.5 Å². The summed E-state index contributed by atoms with van der Waals surface area (Å²) in [5.74, 6) is 2.34. The van der Waals surface area contributed by atoms with Crippen molar-refractivity contribution >= 4 is 23.4 Å². The lowest BCUT2D eigenvalue weighted by Crippen LogP contribution is -2.16. The molecule has 0 radical (unpaired) electrons. The molecule has 0 saturated heterocycles. The topological polar surface area (TPSA) is 92.4 Å². The quantitative estimate of drug-likeness (QED) is 0.376. The number of para-hydroxylation sites is 1. The molecule has 2 heterocycles. The molecule has 0 aliphatic rings. The Labute approximate surface area is 195 Å². The maximum Gasteiger partial charge on any atom is 0.234 e. The normalized spacial score (nSPS) is 10.6. The Morgan fingerprint density at radius 1 is 0.939 bits per heavy atom. The van der Waals surface area contributed by atoms with E-state index >= 15 is 0 Å². The molecule has 0 aliphatic carbocycles. The molecule has 33 heavy (non-hydrogen) atoms. The SMILES string of the molecule is COc1ccc(OC)c(NC(=O)CSc2nnc(-c3ccccc3OC)n2-n2cccc2)c1. The number of carbonyl (C=O) groups excluding carboxylic acids is 1. The number of hydrogen-bond donors (Lipinski definition) is 1. The lowest BCUT2D eigenvalue weighted by Gasteiger charge is -2.13. The van der Waals surface area contributed by atoms with E-state index in [0.29, 0.717) is 33.9 Å². The molecule has 2 aromatic carbocycles. The first kappa shape index (κ1) is 22.3. The van der Waals surface area contributed by atoms with Crippen molar-refractivity contribution in [3.8, 4) is 28.6 Å². The van der Waals surface area contributed by atoms with Crippen molar-refractivity contribution in [2.24, 2.45) is 0 Å². The third-order valence-electron chi connectivity index (χ3n) is 4.79. The van der Waals surface area contributed by atoms with Gasteiger partial charge in [-0.25, -0.2) is 4.68 Å². The number of aromatic nitrogens is 4. The summed E-state index contributed by atoms with van der Waals surface area (Å²) in [6.07, 6.45) is 3.76. The minimum absolute atomic E-state index is 0.117. The molecule has 0 atom stereocenters. The largest absolute Gasteiger partial charge is 0.497 e. The number of hydrogen-bond acceptors (Lipinski definition) is 7. The fourth-order valence-electron chi connectivity index (χ4n) is 3.25. The van der Waals surface area contributed by atoms with Crippen LogP contribution in [-0.2, 0) is 4.79 Å². The molecule has 0 aliphatic heterocycles. The maximum atomic E-state index is 12.7. The minimum Gasteiger partial charge on any atom is -0.497 e. The summed E-state index contributed by atoms with van der Waals surface area (Å²) < 4.78 is 19.8. The first-order valence-corrected chi connectivity index (χ1v) is 11.0. The van der Waals surface area contributed by atoms with Crippen LogP contribution in [0.3, 0.4) is 0 Å². The van der Waals surface area contributed by atoms with Gasteiger partial charge >= 0.3 is 0 Å². The van der Waals surface area contributed by atoms with E-state index in [2.05, 4.69) is 15.5 Å². The van der Waals surface area contributed by atoms with Crippen LogP contribution in [0.15, 0.2) is 72.1 Å². The minimum atomic E-state index is -0.215. The standard InChI is InChI=1S/C23H23N5O4S/c1-30-16-10-11-20(32-3)18(14-16)24-21(29)15-33-23-26-25-22(28(23)27-12-6-7-13-27)17-8-4-5-9-19(17)31-2/h4-14H,15H2,1-3H3,(H,24,29). The molecule has 170 valence electrons. The van der Waals surface area contributed by atoms with E-state index in [1.165, 1.54) is 11.8 Å². The Morgan fingerprint density at radius 2 is 1.70 bits per heavy atom. The molecule has 2 aromatic heterocycles. The monoisotopic (exact) mass is 465 g/mol. The van der Waals surface area contributed by atoms with Crippen LogP contribution in [0.5, 0.6) is 17.2 Å².